The molecule has 0 amide bonds. The van der Waals surface area contributed by atoms with Crippen LogP contribution in [0.4, 0.5) is 4.32 Å². The smallest absolute Gasteiger partial charge is 0.494 e. The number of benzene rings is 4. The van der Waals surface area contributed by atoms with Crippen LogP contribution in [-0.2, 0) is 26.2 Å². The highest BCUT2D eigenvalue weighted by atomic mass is 19.1. The summed E-state index contributed by atoms with van der Waals surface area (Å²) >= 11 is 0. The van der Waals surface area contributed by atoms with Crippen LogP contribution in [0.3, 0.4) is 0 Å². The Kier molecular flexibility index (Phi) is 11.7. The molecular formula is C52H52BFN3O8. The molecule has 13 heteroatoms. The van der Waals surface area contributed by atoms with Crippen molar-refractivity contribution < 1.29 is 32.5 Å². The van der Waals surface area contributed by atoms with Gasteiger partial charge in [0.15, 0.2) is 0 Å². The van der Waals surface area contributed by atoms with Crippen molar-refractivity contribution in [1.82, 2.24) is 9.05 Å². The molecule has 65 heavy (non-hydrogen) atoms. The summed E-state index contributed by atoms with van der Waals surface area (Å²) in [6, 6.07) is 17.2. The van der Waals surface area contributed by atoms with Gasteiger partial charge in [-0.25, -0.2) is 9.59 Å². The van der Waals surface area contributed by atoms with E-state index in [2.05, 4.69) is 32.9 Å². The molecule has 8 rings (SSSR count). The number of allylic oxidation sites excluding steroid dienone is 1. The van der Waals surface area contributed by atoms with Gasteiger partial charge in [0.05, 0.1) is 42.4 Å². The van der Waals surface area contributed by atoms with Crippen LogP contribution in [0.25, 0.3) is 49.1 Å². The van der Waals surface area contributed by atoms with Crippen LogP contribution >= 0.6 is 0 Å². The first-order chi connectivity index (χ1) is 30.9. The van der Waals surface area contributed by atoms with Crippen LogP contribution in [0.2, 0.25) is 0 Å². The maximum Gasteiger partial charge on any atom is 0.495 e. The van der Waals surface area contributed by atoms with Crippen molar-refractivity contribution in [2.45, 2.75) is 94.5 Å². The summed E-state index contributed by atoms with van der Waals surface area (Å²) in [6.07, 6.45) is 0.358. The molecule has 0 bridgehead atoms. The van der Waals surface area contributed by atoms with E-state index in [1.54, 1.807) is 47.6 Å². The number of rotatable bonds is 12. The number of fused-ring (bicyclic) bond motifs is 2. The molecule has 7 aromatic rings. The Balaban J connectivity index is 1.13. The van der Waals surface area contributed by atoms with Gasteiger partial charge in [-0.15, -0.1) is 0 Å². The highest BCUT2D eigenvalue weighted by Crippen LogP contribution is 2.43. The molecule has 1 radical (unpaired) electrons. The average molecular weight is 877 g/mol. The fourth-order valence-electron chi connectivity index (χ4n) is 9.53. The number of halogens is 1. The molecule has 1 aliphatic rings. The van der Waals surface area contributed by atoms with Crippen molar-refractivity contribution in [3.05, 3.63) is 137 Å². The van der Waals surface area contributed by atoms with E-state index < -0.39 is 11.9 Å². The summed E-state index contributed by atoms with van der Waals surface area (Å²) in [5.41, 5.74) is 7.62. The van der Waals surface area contributed by atoms with Crippen molar-refractivity contribution in [2.75, 3.05) is 19.8 Å². The molecule has 3 aromatic heterocycles. The third-order valence-electron chi connectivity index (χ3n) is 12.6. The minimum Gasteiger partial charge on any atom is -0.494 e. The number of hydrogen-bond donors (Lipinski definition) is 0. The Morgan fingerprint density at radius 3 is 2.02 bits per heavy atom. The molecule has 0 saturated carbocycles. The number of nitrogens with zero attached hydrogens (tertiary/aromatic N) is 3. The molecule has 4 heterocycles. The number of aryl methyl sites for hydroxylation is 2. The van der Waals surface area contributed by atoms with E-state index in [1.807, 2.05) is 50.2 Å². The number of aliphatic imine (C=N–C) groups is 1. The molecular weight excluding hydrogens is 824 g/mol. The van der Waals surface area contributed by atoms with Crippen molar-refractivity contribution in [3.63, 3.8) is 0 Å². The summed E-state index contributed by atoms with van der Waals surface area (Å²) in [5, 5.41) is 4.12. The van der Waals surface area contributed by atoms with Crippen LogP contribution in [0.5, 0.6) is 5.75 Å². The van der Waals surface area contributed by atoms with E-state index in [4.69, 9.17) is 23.6 Å². The molecule has 0 saturated heterocycles. The predicted octanol–water partition coefficient (Wildman–Crippen LogP) is 10.3. The van der Waals surface area contributed by atoms with E-state index in [0.717, 1.165) is 38.4 Å². The summed E-state index contributed by atoms with van der Waals surface area (Å²) in [5.74, 6) is -0.551. The van der Waals surface area contributed by atoms with Crippen LogP contribution in [0, 0.1) is 27.7 Å². The first-order valence-corrected chi connectivity index (χ1v) is 22.0. The minimum atomic E-state index is -0.579. The molecule has 1 aliphatic heterocycles. The standard InChI is InChI=1S/C52H52BFN3O8/c1-12-62-50(60)41-28(5)46(55-30(41)7)45(47-29(6)42(51(61)63-13-2)31(8)57(47)53-54)40-26(3)23-33(24-27(40)4)64-22-14-21-56-48(58)35-17-16-34-37-25-32(52(9,10)11)15-19-38(37)65-39-20-18-36(49(56)59)43(35)44(34)39/h15-20,23-25H,12-14,21-22H2,1-11H3/b46-45-. The molecule has 333 valence electrons. The van der Waals surface area contributed by atoms with Crippen molar-refractivity contribution >= 4 is 74.4 Å². The molecule has 0 atom stereocenters. The van der Waals surface area contributed by atoms with Crippen LogP contribution in [-0.4, -0.2) is 54.2 Å². The summed E-state index contributed by atoms with van der Waals surface area (Å²) < 4.78 is 41.1. The number of esters is 2. The lowest BCUT2D eigenvalue weighted by molar-refractivity contribution is -0.137. The molecule has 0 fully saturated rings. The molecule has 0 N–H and O–H groups in total. The highest BCUT2D eigenvalue weighted by Gasteiger charge is 2.34. The quantitative estimate of drug-likeness (QED) is 0.0390. The van der Waals surface area contributed by atoms with E-state index in [-0.39, 0.29) is 48.5 Å². The molecule has 0 unspecified atom stereocenters. The zero-order valence-electron chi connectivity index (χ0n) is 38.8. The second-order valence-electron chi connectivity index (χ2n) is 17.7. The van der Waals surface area contributed by atoms with Gasteiger partial charge in [0.25, 0.3) is 11.1 Å². The molecule has 4 aromatic carbocycles. The van der Waals surface area contributed by atoms with Gasteiger partial charge in [-0.3, -0.25) is 19.1 Å². The third kappa shape index (κ3) is 7.44. The Bertz CT molecular complexity index is 3300. The van der Waals surface area contributed by atoms with Gasteiger partial charge in [-0.05, 0) is 148 Å². The first-order valence-electron chi connectivity index (χ1n) is 22.0. The number of carbonyl (C=O) groups is 2. The third-order valence-corrected chi connectivity index (χ3v) is 12.6. The summed E-state index contributed by atoms with van der Waals surface area (Å²) in [4.78, 5) is 59.5. The average Bonchev–Trinajstić information content (AvgIpc) is 3.69. The SMILES string of the molecule is CCOC(=O)C1=C(C)/C(=C(\c2c(C)cc(OCCCn3c(=O)c4ccc5oc6ccc(C(C)(C)C)cc6c6ccc(c3=O)c4c56)cc2C)c2c(C)c(C(=O)OCC)c(C)n2[B]F)N=C1C. The van der Waals surface area contributed by atoms with Gasteiger partial charge in [0.2, 0.25) is 0 Å². The normalized spacial score (nSPS) is 14.0. The van der Waals surface area contributed by atoms with Gasteiger partial charge >= 0.3 is 19.6 Å². The number of pyridine rings is 1. The zero-order valence-corrected chi connectivity index (χ0v) is 38.8. The van der Waals surface area contributed by atoms with Gasteiger partial charge in [0, 0.05) is 50.4 Å². The van der Waals surface area contributed by atoms with Gasteiger partial charge < -0.3 is 27.4 Å². The monoisotopic (exact) mass is 876 g/mol. The van der Waals surface area contributed by atoms with Crippen LogP contribution < -0.4 is 15.9 Å². The number of hydrogen-bond acceptors (Lipinski definition) is 9. The topological polar surface area (TPSA) is 131 Å². The Morgan fingerprint density at radius 2 is 1.38 bits per heavy atom. The number of carbonyl (C=O) groups excluding carboxylic acids is 2. The molecule has 0 aliphatic carbocycles. The van der Waals surface area contributed by atoms with E-state index in [1.165, 1.54) is 9.05 Å². The first kappa shape index (κ1) is 44.8. The summed E-state index contributed by atoms with van der Waals surface area (Å²) in [7, 11) is 0.415. The van der Waals surface area contributed by atoms with E-state index in [9.17, 15) is 19.2 Å². The maximum atomic E-state index is 15.1. The lowest BCUT2D eigenvalue weighted by atomic mass is 9.85. The van der Waals surface area contributed by atoms with Crippen LogP contribution in [0.15, 0.2) is 90.4 Å². The highest BCUT2D eigenvalue weighted by molar-refractivity contribution is 6.27. The number of ether oxygens (including phenoxy) is 3. The van der Waals surface area contributed by atoms with Gasteiger partial charge in [-0.1, -0.05) is 32.9 Å². The predicted molar refractivity (Wildman–Crippen MR) is 256 cm³/mol. The Morgan fingerprint density at radius 1 is 0.769 bits per heavy atom. The number of aromatic nitrogens is 2. The Hall–Kier alpha value is -6.76. The largest absolute Gasteiger partial charge is 0.495 e. The second kappa shape index (κ2) is 17.0. The molecule has 11 nitrogen and oxygen atoms in total. The van der Waals surface area contributed by atoms with E-state index in [0.29, 0.717) is 92.2 Å². The minimum absolute atomic E-state index is 0.0837. The van der Waals surface area contributed by atoms with Crippen molar-refractivity contribution in [2.24, 2.45) is 4.99 Å². The van der Waals surface area contributed by atoms with Gasteiger partial charge in [-0.2, -0.15) is 0 Å². The molecule has 0 spiro atoms. The maximum absolute atomic E-state index is 15.1. The zero-order chi connectivity index (χ0) is 46.8. The van der Waals surface area contributed by atoms with Crippen LogP contribution in [0.1, 0.15) is 104 Å². The lowest BCUT2D eigenvalue weighted by Crippen LogP contribution is -2.33. The fourth-order valence-corrected chi connectivity index (χ4v) is 9.53. The van der Waals surface area contributed by atoms with Crippen molar-refractivity contribution in [1.29, 1.82) is 0 Å². The summed E-state index contributed by atoms with van der Waals surface area (Å²) in [6.45, 7) is 21.3. The van der Waals surface area contributed by atoms with E-state index >= 15 is 4.32 Å². The van der Waals surface area contributed by atoms with Crippen molar-refractivity contribution in [3.8, 4) is 5.75 Å². The Labute approximate surface area is 376 Å². The fraction of sp³-hybridized carbons (Fsp3) is 0.327. The second-order valence-corrected chi connectivity index (χ2v) is 17.7. The lowest BCUT2D eigenvalue weighted by Gasteiger charge is -2.21. The van der Waals surface area contributed by atoms with Gasteiger partial charge in [0.1, 0.15) is 16.9 Å².